The summed E-state index contributed by atoms with van der Waals surface area (Å²) < 4.78 is 5.94. The Labute approximate surface area is 91.2 Å². The number of nitrogens with two attached hydrogens (primary N) is 1. The fourth-order valence-electron chi connectivity index (χ4n) is 1.28. The summed E-state index contributed by atoms with van der Waals surface area (Å²) in [6, 6.07) is 0. The minimum absolute atomic E-state index is 0.151. The SMILES string of the molecule is COc1c(Br)cnc(C(O)CN)c1C. The molecule has 0 amide bonds. The predicted molar refractivity (Wildman–Crippen MR) is 57.2 cm³/mol. The van der Waals surface area contributed by atoms with E-state index in [1.807, 2.05) is 6.92 Å². The van der Waals surface area contributed by atoms with Crippen molar-refractivity contribution in [1.82, 2.24) is 4.98 Å². The molecule has 78 valence electrons. The van der Waals surface area contributed by atoms with Gasteiger partial charge in [0.2, 0.25) is 0 Å². The van der Waals surface area contributed by atoms with Crippen LogP contribution in [0.3, 0.4) is 0 Å². The van der Waals surface area contributed by atoms with E-state index in [2.05, 4.69) is 20.9 Å². The summed E-state index contributed by atoms with van der Waals surface area (Å²) in [6.45, 7) is 1.99. The van der Waals surface area contributed by atoms with Gasteiger partial charge in [0.1, 0.15) is 11.9 Å². The molecule has 4 nitrogen and oxygen atoms in total. The van der Waals surface area contributed by atoms with Crippen molar-refractivity contribution in [3.63, 3.8) is 0 Å². The molecule has 0 aliphatic heterocycles. The van der Waals surface area contributed by atoms with E-state index >= 15 is 0 Å². The number of aliphatic hydroxyl groups is 1. The van der Waals surface area contributed by atoms with Gasteiger partial charge in [0, 0.05) is 18.3 Å². The summed E-state index contributed by atoms with van der Waals surface area (Å²) in [6.07, 6.45) is 0.858. The molecule has 3 N–H and O–H groups in total. The Bertz CT molecular complexity index is 331. The summed E-state index contributed by atoms with van der Waals surface area (Å²) in [5.74, 6) is 0.683. The van der Waals surface area contributed by atoms with Gasteiger partial charge in [0.25, 0.3) is 0 Å². The molecule has 0 saturated heterocycles. The molecule has 0 aliphatic carbocycles. The molecule has 1 rings (SSSR count). The summed E-state index contributed by atoms with van der Waals surface area (Å²) in [5, 5.41) is 9.56. The number of aliphatic hydroxyl groups excluding tert-OH is 1. The molecule has 14 heavy (non-hydrogen) atoms. The molecule has 0 aliphatic rings. The molecule has 0 aromatic carbocycles. The van der Waals surface area contributed by atoms with Crippen LogP contribution in [0.2, 0.25) is 0 Å². The zero-order valence-corrected chi connectivity index (χ0v) is 9.71. The number of ether oxygens (including phenoxy) is 1. The molecule has 1 aromatic rings. The van der Waals surface area contributed by atoms with Crippen molar-refractivity contribution in [2.75, 3.05) is 13.7 Å². The van der Waals surface area contributed by atoms with Crippen molar-refractivity contribution in [2.45, 2.75) is 13.0 Å². The number of hydrogen-bond acceptors (Lipinski definition) is 4. The molecule has 1 aromatic heterocycles. The van der Waals surface area contributed by atoms with Crippen molar-refractivity contribution in [3.05, 3.63) is 21.9 Å². The highest BCUT2D eigenvalue weighted by atomic mass is 79.9. The second-order valence-corrected chi connectivity index (χ2v) is 3.76. The number of nitrogens with zero attached hydrogens (tertiary/aromatic N) is 1. The van der Waals surface area contributed by atoms with Crippen LogP contribution in [-0.4, -0.2) is 23.7 Å². The van der Waals surface area contributed by atoms with Crippen molar-refractivity contribution in [2.24, 2.45) is 5.73 Å². The molecule has 0 saturated carbocycles. The van der Waals surface area contributed by atoms with E-state index in [4.69, 9.17) is 10.5 Å². The van der Waals surface area contributed by atoms with Gasteiger partial charge in [-0.2, -0.15) is 0 Å². The Kier molecular flexibility index (Phi) is 3.86. The van der Waals surface area contributed by atoms with Crippen LogP contribution >= 0.6 is 15.9 Å². The van der Waals surface area contributed by atoms with E-state index in [1.165, 1.54) is 0 Å². The van der Waals surface area contributed by atoms with Gasteiger partial charge >= 0.3 is 0 Å². The molecule has 1 atom stereocenters. The molecule has 0 spiro atoms. The van der Waals surface area contributed by atoms with E-state index in [-0.39, 0.29) is 6.54 Å². The fraction of sp³-hybridized carbons (Fsp3) is 0.444. The van der Waals surface area contributed by atoms with Gasteiger partial charge in [-0.15, -0.1) is 0 Å². The second kappa shape index (κ2) is 4.72. The van der Waals surface area contributed by atoms with E-state index < -0.39 is 6.10 Å². The van der Waals surface area contributed by atoms with E-state index in [0.29, 0.717) is 11.4 Å². The van der Waals surface area contributed by atoms with Crippen LogP contribution in [-0.2, 0) is 0 Å². The number of aromatic nitrogens is 1. The van der Waals surface area contributed by atoms with Gasteiger partial charge in [-0.05, 0) is 22.9 Å². The van der Waals surface area contributed by atoms with Crippen molar-refractivity contribution < 1.29 is 9.84 Å². The number of methoxy groups -OCH3 is 1. The topological polar surface area (TPSA) is 68.4 Å². The Hall–Kier alpha value is -0.650. The third kappa shape index (κ3) is 2.05. The van der Waals surface area contributed by atoms with E-state index in [9.17, 15) is 5.11 Å². The summed E-state index contributed by atoms with van der Waals surface area (Å²) in [7, 11) is 1.58. The van der Waals surface area contributed by atoms with E-state index in [1.54, 1.807) is 13.3 Å². The van der Waals surface area contributed by atoms with Gasteiger partial charge in [-0.1, -0.05) is 0 Å². The highest BCUT2D eigenvalue weighted by molar-refractivity contribution is 9.10. The van der Waals surface area contributed by atoms with Crippen molar-refractivity contribution >= 4 is 15.9 Å². The Morgan fingerprint density at radius 3 is 2.86 bits per heavy atom. The minimum Gasteiger partial charge on any atom is -0.495 e. The molecule has 0 radical (unpaired) electrons. The number of hydrogen-bond donors (Lipinski definition) is 2. The van der Waals surface area contributed by atoms with Gasteiger partial charge < -0.3 is 15.6 Å². The van der Waals surface area contributed by atoms with Crippen LogP contribution in [0.1, 0.15) is 17.4 Å². The maximum atomic E-state index is 9.56. The highest BCUT2D eigenvalue weighted by Gasteiger charge is 2.15. The van der Waals surface area contributed by atoms with Gasteiger partial charge in [0.15, 0.2) is 0 Å². The quantitative estimate of drug-likeness (QED) is 0.856. The number of pyridine rings is 1. The molecule has 1 unspecified atom stereocenters. The predicted octanol–water partition coefficient (Wildman–Crippen LogP) is 1.15. The normalized spacial score (nSPS) is 12.6. The van der Waals surface area contributed by atoms with E-state index in [0.717, 1.165) is 10.0 Å². The largest absolute Gasteiger partial charge is 0.495 e. The van der Waals surface area contributed by atoms with Gasteiger partial charge in [-0.3, -0.25) is 4.98 Å². The highest BCUT2D eigenvalue weighted by Crippen LogP contribution is 2.31. The summed E-state index contributed by atoms with van der Waals surface area (Å²) in [5.41, 5.74) is 6.73. The summed E-state index contributed by atoms with van der Waals surface area (Å²) in [4.78, 5) is 4.10. The average molecular weight is 261 g/mol. The average Bonchev–Trinajstić information content (AvgIpc) is 2.18. The van der Waals surface area contributed by atoms with Crippen LogP contribution in [0.4, 0.5) is 0 Å². The lowest BCUT2D eigenvalue weighted by Gasteiger charge is -2.14. The minimum atomic E-state index is -0.739. The molecule has 5 heteroatoms. The first-order valence-corrected chi connectivity index (χ1v) is 4.98. The maximum absolute atomic E-state index is 9.56. The smallest absolute Gasteiger partial charge is 0.139 e. The lowest BCUT2D eigenvalue weighted by atomic mass is 10.1. The standard InChI is InChI=1S/C9H13BrN2O2/c1-5-8(7(13)3-11)12-4-6(10)9(5)14-2/h4,7,13H,3,11H2,1-2H3. The third-order valence-electron chi connectivity index (χ3n) is 2.00. The number of halogens is 1. The van der Waals surface area contributed by atoms with Crippen LogP contribution in [0.25, 0.3) is 0 Å². The lowest BCUT2D eigenvalue weighted by Crippen LogP contribution is -2.14. The Morgan fingerprint density at radius 2 is 2.36 bits per heavy atom. The lowest BCUT2D eigenvalue weighted by molar-refractivity contribution is 0.180. The fourth-order valence-corrected chi connectivity index (χ4v) is 1.84. The van der Waals surface area contributed by atoms with Crippen LogP contribution < -0.4 is 10.5 Å². The molecule has 0 bridgehead atoms. The van der Waals surface area contributed by atoms with Gasteiger partial charge in [-0.25, -0.2) is 0 Å². The van der Waals surface area contributed by atoms with Crippen LogP contribution in [0.5, 0.6) is 5.75 Å². The first-order chi connectivity index (χ1) is 6.61. The molecule has 0 fully saturated rings. The molecular formula is C9H13BrN2O2. The van der Waals surface area contributed by atoms with Crippen molar-refractivity contribution in [3.8, 4) is 5.75 Å². The zero-order chi connectivity index (χ0) is 10.7. The van der Waals surface area contributed by atoms with Crippen molar-refractivity contribution in [1.29, 1.82) is 0 Å². The van der Waals surface area contributed by atoms with Crippen LogP contribution in [0, 0.1) is 6.92 Å². The molecule has 1 heterocycles. The van der Waals surface area contributed by atoms with Crippen LogP contribution in [0.15, 0.2) is 10.7 Å². The second-order valence-electron chi connectivity index (χ2n) is 2.90. The zero-order valence-electron chi connectivity index (χ0n) is 8.12. The Morgan fingerprint density at radius 1 is 1.71 bits per heavy atom. The first kappa shape index (κ1) is 11.4. The monoisotopic (exact) mass is 260 g/mol. The molecular weight excluding hydrogens is 248 g/mol. The third-order valence-corrected chi connectivity index (χ3v) is 2.57. The Balaban J connectivity index is 3.21. The summed E-state index contributed by atoms with van der Waals surface area (Å²) >= 11 is 3.31. The number of rotatable bonds is 3. The first-order valence-electron chi connectivity index (χ1n) is 4.19. The maximum Gasteiger partial charge on any atom is 0.139 e. The van der Waals surface area contributed by atoms with Gasteiger partial charge in [0.05, 0.1) is 17.3 Å².